The van der Waals surface area contributed by atoms with Crippen LogP contribution in [0.5, 0.6) is 0 Å². The molecule has 1 unspecified atom stereocenters. The van der Waals surface area contributed by atoms with Crippen LogP contribution in [0.1, 0.15) is 45.1 Å². The Morgan fingerprint density at radius 2 is 2.20 bits per heavy atom. The van der Waals surface area contributed by atoms with Crippen LogP contribution < -0.4 is 5.32 Å². The van der Waals surface area contributed by atoms with Gasteiger partial charge in [0.1, 0.15) is 0 Å². The van der Waals surface area contributed by atoms with E-state index in [9.17, 15) is 4.79 Å². The molecule has 4 heteroatoms. The molecule has 0 radical (unpaired) electrons. The van der Waals surface area contributed by atoms with Crippen molar-refractivity contribution in [1.82, 2.24) is 0 Å². The Balaban J connectivity index is 2.17. The van der Waals surface area contributed by atoms with Gasteiger partial charge in [0.15, 0.2) is 0 Å². The summed E-state index contributed by atoms with van der Waals surface area (Å²) in [5.41, 5.74) is 1.03. The third-order valence-corrected chi connectivity index (χ3v) is 4.51. The maximum Gasteiger partial charge on any atom is 0.228 e. The Kier molecular flexibility index (Phi) is 4.35. The molecule has 20 heavy (non-hydrogen) atoms. The lowest BCUT2D eigenvalue weighted by Gasteiger charge is -2.37. The monoisotopic (exact) mass is 290 g/mol. The van der Waals surface area contributed by atoms with Gasteiger partial charge in [0.25, 0.3) is 0 Å². The van der Waals surface area contributed by atoms with Gasteiger partial charge in [-0.05, 0) is 36.5 Å². The summed E-state index contributed by atoms with van der Waals surface area (Å²) in [5.74, 6) is 0.00440. The van der Waals surface area contributed by atoms with Crippen molar-refractivity contribution in [2.45, 2.75) is 39.5 Å². The van der Waals surface area contributed by atoms with Gasteiger partial charge < -0.3 is 5.32 Å². The van der Waals surface area contributed by atoms with Crippen LogP contribution in [0.3, 0.4) is 0 Å². The van der Waals surface area contributed by atoms with Crippen LogP contribution in [0.2, 0.25) is 5.02 Å². The van der Waals surface area contributed by atoms with Gasteiger partial charge >= 0.3 is 0 Å². The second kappa shape index (κ2) is 5.85. The topological polar surface area (TPSA) is 52.9 Å². The van der Waals surface area contributed by atoms with Crippen molar-refractivity contribution in [3.63, 3.8) is 0 Å². The Morgan fingerprint density at radius 1 is 1.45 bits per heavy atom. The fraction of sp³-hybridized carbons (Fsp3) is 0.500. The number of carbonyl (C=O) groups excluding carboxylic acids is 1. The van der Waals surface area contributed by atoms with Crippen molar-refractivity contribution in [2.24, 2.45) is 11.3 Å². The van der Waals surface area contributed by atoms with E-state index in [-0.39, 0.29) is 17.2 Å². The number of nitrogens with zero attached hydrogens (tertiary/aromatic N) is 1. The number of amides is 1. The van der Waals surface area contributed by atoms with Crippen LogP contribution in [0.4, 0.5) is 5.69 Å². The van der Waals surface area contributed by atoms with E-state index < -0.39 is 0 Å². The first-order valence-electron chi connectivity index (χ1n) is 6.94. The Labute approximate surface area is 124 Å². The zero-order chi connectivity index (χ0) is 14.8. The molecule has 0 aromatic heterocycles. The van der Waals surface area contributed by atoms with Gasteiger partial charge in [0.05, 0.1) is 22.3 Å². The second-order valence-electron chi connectivity index (χ2n) is 6.08. The fourth-order valence-electron chi connectivity index (χ4n) is 2.89. The number of benzene rings is 1. The summed E-state index contributed by atoms with van der Waals surface area (Å²) < 4.78 is 0. The third kappa shape index (κ3) is 3.13. The zero-order valence-electron chi connectivity index (χ0n) is 11.9. The SMILES string of the molecule is CC1(C)CCCCC1C(=O)Nc1cc(C#N)ccc1Cl. The summed E-state index contributed by atoms with van der Waals surface area (Å²) >= 11 is 6.08. The van der Waals surface area contributed by atoms with E-state index in [0.717, 1.165) is 19.3 Å². The Morgan fingerprint density at radius 3 is 2.85 bits per heavy atom. The number of halogens is 1. The molecule has 0 bridgehead atoms. The number of anilines is 1. The maximum absolute atomic E-state index is 12.5. The van der Waals surface area contributed by atoms with Crippen molar-refractivity contribution in [2.75, 3.05) is 5.32 Å². The van der Waals surface area contributed by atoms with Crippen LogP contribution in [-0.4, -0.2) is 5.91 Å². The summed E-state index contributed by atoms with van der Waals surface area (Å²) in [4.78, 5) is 12.5. The molecule has 0 saturated heterocycles. The van der Waals surface area contributed by atoms with Crippen LogP contribution >= 0.6 is 11.6 Å². The number of carbonyl (C=O) groups is 1. The molecule has 1 aliphatic carbocycles. The highest BCUT2D eigenvalue weighted by Crippen LogP contribution is 2.41. The highest BCUT2D eigenvalue weighted by atomic mass is 35.5. The van der Waals surface area contributed by atoms with Crippen LogP contribution in [0.15, 0.2) is 18.2 Å². The molecular weight excluding hydrogens is 272 g/mol. The first-order valence-corrected chi connectivity index (χ1v) is 7.32. The van der Waals surface area contributed by atoms with Crippen LogP contribution in [0, 0.1) is 22.7 Å². The van der Waals surface area contributed by atoms with Gasteiger partial charge in [-0.25, -0.2) is 0 Å². The van der Waals surface area contributed by atoms with Crippen LogP contribution in [0.25, 0.3) is 0 Å². The van der Waals surface area contributed by atoms with Gasteiger partial charge in [0, 0.05) is 5.92 Å². The second-order valence-corrected chi connectivity index (χ2v) is 6.49. The van der Waals surface area contributed by atoms with Crippen molar-refractivity contribution in [3.8, 4) is 6.07 Å². The minimum atomic E-state index is -0.00180. The van der Waals surface area contributed by atoms with E-state index in [1.54, 1.807) is 18.2 Å². The first kappa shape index (κ1) is 14.9. The average Bonchev–Trinajstić information content (AvgIpc) is 2.40. The predicted molar refractivity (Wildman–Crippen MR) is 80.5 cm³/mol. The molecule has 1 amide bonds. The molecule has 3 nitrogen and oxygen atoms in total. The standard InChI is InChI=1S/C16H19ClN2O/c1-16(2)8-4-3-5-12(16)15(20)19-14-9-11(10-18)6-7-13(14)17/h6-7,9,12H,3-5,8H2,1-2H3,(H,19,20). The van der Waals surface area contributed by atoms with Crippen LogP contribution in [-0.2, 0) is 4.79 Å². The lowest BCUT2D eigenvalue weighted by molar-refractivity contribution is -0.124. The molecule has 0 aliphatic heterocycles. The normalized spacial score (nSPS) is 21.0. The number of nitriles is 1. The van der Waals surface area contributed by atoms with E-state index in [1.165, 1.54) is 6.42 Å². The number of hydrogen-bond acceptors (Lipinski definition) is 2. The highest BCUT2D eigenvalue weighted by molar-refractivity contribution is 6.33. The number of rotatable bonds is 2. The number of hydrogen-bond donors (Lipinski definition) is 1. The first-order chi connectivity index (χ1) is 9.44. The minimum absolute atomic E-state index is 0.00180. The molecule has 1 atom stereocenters. The average molecular weight is 291 g/mol. The van der Waals surface area contributed by atoms with E-state index in [1.807, 2.05) is 0 Å². The summed E-state index contributed by atoms with van der Waals surface area (Å²) in [6.07, 6.45) is 4.25. The quantitative estimate of drug-likeness (QED) is 0.879. The molecule has 1 aromatic rings. The lowest BCUT2D eigenvalue weighted by atomic mass is 9.68. The molecule has 0 spiro atoms. The highest BCUT2D eigenvalue weighted by Gasteiger charge is 2.37. The van der Waals surface area contributed by atoms with Gasteiger partial charge in [-0.3, -0.25) is 4.79 Å². The summed E-state index contributed by atoms with van der Waals surface area (Å²) in [7, 11) is 0. The van der Waals surface area contributed by atoms with E-state index in [2.05, 4.69) is 25.2 Å². The number of nitrogens with one attached hydrogen (secondary N) is 1. The Hall–Kier alpha value is -1.53. The Bertz CT molecular complexity index is 560. The van der Waals surface area contributed by atoms with Crippen molar-refractivity contribution in [1.29, 1.82) is 5.26 Å². The third-order valence-electron chi connectivity index (χ3n) is 4.18. The van der Waals surface area contributed by atoms with Crippen molar-refractivity contribution in [3.05, 3.63) is 28.8 Å². The minimum Gasteiger partial charge on any atom is -0.324 e. The maximum atomic E-state index is 12.5. The molecular formula is C16H19ClN2O. The van der Waals surface area contributed by atoms with Crippen molar-refractivity contribution >= 4 is 23.2 Å². The lowest BCUT2D eigenvalue weighted by Crippen LogP contribution is -2.37. The van der Waals surface area contributed by atoms with Gasteiger partial charge in [-0.2, -0.15) is 5.26 Å². The summed E-state index contributed by atoms with van der Waals surface area (Å²) in [6.45, 7) is 4.29. The van der Waals surface area contributed by atoms with E-state index >= 15 is 0 Å². The van der Waals surface area contributed by atoms with Gasteiger partial charge in [-0.1, -0.05) is 38.3 Å². The molecule has 2 rings (SSSR count). The summed E-state index contributed by atoms with van der Waals surface area (Å²) in [5, 5.41) is 12.3. The molecule has 1 fully saturated rings. The van der Waals surface area contributed by atoms with E-state index in [0.29, 0.717) is 16.3 Å². The zero-order valence-corrected chi connectivity index (χ0v) is 12.6. The largest absolute Gasteiger partial charge is 0.324 e. The molecule has 1 aromatic carbocycles. The molecule has 106 valence electrons. The molecule has 1 N–H and O–H groups in total. The smallest absolute Gasteiger partial charge is 0.228 e. The van der Waals surface area contributed by atoms with Crippen molar-refractivity contribution < 1.29 is 4.79 Å². The van der Waals surface area contributed by atoms with E-state index in [4.69, 9.17) is 16.9 Å². The predicted octanol–water partition coefficient (Wildman–Crippen LogP) is 4.37. The fourth-order valence-corrected chi connectivity index (χ4v) is 3.06. The van der Waals surface area contributed by atoms with Gasteiger partial charge in [0.2, 0.25) is 5.91 Å². The van der Waals surface area contributed by atoms with Gasteiger partial charge in [-0.15, -0.1) is 0 Å². The molecule has 1 aliphatic rings. The summed E-state index contributed by atoms with van der Waals surface area (Å²) in [6, 6.07) is 6.96. The molecule has 1 saturated carbocycles. The molecule has 0 heterocycles.